The van der Waals surface area contributed by atoms with Gasteiger partial charge in [0.15, 0.2) is 0 Å². The maximum absolute atomic E-state index is 11.6. The molecule has 2 heterocycles. The summed E-state index contributed by atoms with van der Waals surface area (Å²) < 4.78 is 0. The van der Waals surface area contributed by atoms with Crippen molar-refractivity contribution in [1.29, 1.82) is 0 Å². The highest BCUT2D eigenvalue weighted by Crippen LogP contribution is 2.34. The number of pyridine rings is 1. The fourth-order valence-corrected chi connectivity index (χ4v) is 4.21. The van der Waals surface area contributed by atoms with Gasteiger partial charge in [-0.05, 0) is 57.7 Å². The molecule has 1 N–H and O–H groups in total. The summed E-state index contributed by atoms with van der Waals surface area (Å²) in [7, 11) is 0. The first kappa shape index (κ1) is 20.9. The number of hydrogen-bond acceptors (Lipinski definition) is 3. The van der Waals surface area contributed by atoms with Crippen LogP contribution >= 0.6 is 12.4 Å². The van der Waals surface area contributed by atoms with E-state index in [4.69, 9.17) is 0 Å². The average Bonchev–Trinajstić information content (AvgIpc) is 2.65. The van der Waals surface area contributed by atoms with Gasteiger partial charge < -0.3 is 5.11 Å². The molecule has 3 unspecified atom stereocenters. The lowest BCUT2D eigenvalue weighted by Gasteiger charge is -2.39. The second-order valence-electron chi connectivity index (χ2n) is 7.44. The largest absolute Gasteiger partial charge is 0.380 e. The van der Waals surface area contributed by atoms with E-state index in [2.05, 4.69) is 23.7 Å². The molecule has 1 aliphatic rings. The van der Waals surface area contributed by atoms with Gasteiger partial charge >= 0.3 is 0 Å². The highest BCUT2D eigenvalue weighted by atomic mass is 35.5. The van der Waals surface area contributed by atoms with Gasteiger partial charge in [0.05, 0.1) is 0 Å². The predicted octanol–water partition coefficient (Wildman–Crippen LogP) is 4.78. The third-order valence-corrected chi connectivity index (χ3v) is 5.72. The molecule has 0 aliphatic carbocycles. The molecule has 3 rings (SSSR count). The van der Waals surface area contributed by atoms with Crippen LogP contribution in [0.15, 0.2) is 54.9 Å². The first-order chi connectivity index (χ1) is 12.1. The number of nitrogens with zero attached hydrogens (tertiary/aromatic N) is 2. The Kier molecular flexibility index (Phi) is 7.63. The van der Waals surface area contributed by atoms with Crippen molar-refractivity contribution in [1.82, 2.24) is 9.88 Å². The van der Waals surface area contributed by atoms with Crippen LogP contribution in [-0.4, -0.2) is 33.6 Å². The van der Waals surface area contributed by atoms with Gasteiger partial charge in [0.25, 0.3) is 0 Å². The van der Waals surface area contributed by atoms with Crippen molar-refractivity contribution in [3.8, 4) is 0 Å². The number of piperidine rings is 1. The fourth-order valence-electron chi connectivity index (χ4n) is 4.21. The second kappa shape index (κ2) is 9.50. The van der Waals surface area contributed by atoms with E-state index in [1.165, 1.54) is 19.3 Å². The molecule has 3 nitrogen and oxygen atoms in total. The molecular formula is C22H31ClN2O. The Hall–Kier alpha value is -1.42. The maximum Gasteiger partial charge on any atom is 0.116 e. The molecule has 26 heavy (non-hydrogen) atoms. The lowest BCUT2D eigenvalue weighted by atomic mass is 9.83. The summed E-state index contributed by atoms with van der Waals surface area (Å²) in [5.41, 5.74) is 0.848. The zero-order valence-electron chi connectivity index (χ0n) is 15.8. The third-order valence-electron chi connectivity index (χ3n) is 5.72. The van der Waals surface area contributed by atoms with Crippen molar-refractivity contribution in [2.24, 2.45) is 0 Å². The van der Waals surface area contributed by atoms with Crippen molar-refractivity contribution >= 4 is 12.4 Å². The fraction of sp³-hybridized carbons (Fsp3) is 0.500. The molecule has 0 amide bonds. The van der Waals surface area contributed by atoms with Gasteiger partial charge in [-0.1, -0.05) is 42.8 Å². The Balaban J connectivity index is 0.00000243. The summed E-state index contributed by atoms with van der Waals surface area (Å²) >= 11 is 0. The van der Waals surface area contributed by atoms with E-state index in [1.807, 2.05) is 42.5 Å². The highest BCUT2D eigenvalue weighted by molar-refractivity contribution is 5.85. The van der Waals surface area contributed by atoms with Gasteiger partial charge in [-0.3, -0.25) is 9.88 Å². The van der Waals surface area contributed by atoms with Gasteiger partial charge in [0.1, 0.15) is 5.60 Å². The van der Waals surface area contributed by atoms with Crippen molar-refractivity contribution in [2.45, 2.75) is 63.6 Å². The molecule has 0 saturated carbocycles. The van der Waals surface area contributed by atoms with Crippen LogP contribution < -0.4 is 0 Å². The zero-order valence-corrected chi connectivity index (χ0v) is 16.7. The minimum atomic E-state index is -0.974. The molecule has 1 saturated heterocycles. The van der Waals surface area contributed by atoms with Crippen LogP contribution in [0.1, 0.15) is 57.1 Å². The van der Waals surface area contributed by atoms with E-state index < -0.39 is 5.60 Å². The molecule has 1 fully saturated rings. The van der Waals surface area contributed by atoms with Crippen LogP contribution in [0.3, 0.4) is 0 Å². The van der Waals surface area contributed by atoms with Gasteiger partial charge in [-0.15, -0.1) is 12.4 Å². The number of likely N-dealkylation sites (tertiary alicyclic amines) is 1. The van der Waals surface area contributed by atoms with Crippen LogP contribution in [0.2, 0.25) is 0 Å². The quantitative estimate of drug-likeness (QED) is 0.790. The van der Waals surface area contributed by atoms with Crippen LogP contribution in [0.25, 0.3) is 0 Å². The van der Waals surface area contributed by atoms with Crippen LogP contribution in [0.4, 0.5) is 0 Å². The molecule has 1 aromatic carbocycles. The SMILES string of the molecule is CC1CCCC(C)N1CCCC(O)(c1ccccc1)c1cccnc1.Cl. The number of hydrogen-bond donors (Lipinski definition) is 1. The Morgan fingerprint density at radius 1 is 1.04 bits per heavy atom. The number of aliphatic hydroxyl groups is 1. The van der Waals surface area contributed by atoms with E-state index >= 15 is 0 Å². The maximum atomic E-state index is 11.6. The number of halogens is 1. The third kappa shape index (κ3) is 4.64. The summed E-state index contributed by atoms with van der Waals surface area (Å²) in [5.74, 6) is 0. The molecule has 1 aliphatic heterocycles. The van der Waals surface area contributed by atoms with E-state index in [-0.39, 0.29) is 12.4 Å². The van der Waals surface area contributed by atoms with E-state index in [1.54, 1.807) is 12.4 Å². The van der Waals surface area contributed by atoms with Gasteiger partial charge in [-0.25, -0.2) is 0 Å². The van der Waals surface area contributed by atoms with Crippen LogP contribution in [0, 0.1) is 0 Å². The summed E-state index contributed by atoms with van der Waals surface area (Å²) in [6, 6.07) is 15.2. The molecule has 0 bridgehead atoms. The predicted molar refractivity (Wildman–Crippen MR) is 110 cm³/mol. The van der Waals surface area contributed by atoms with Gasteiger partial charge in [-0.2, -0.15) is 0 Å². The van der Waals surface area contributed by atoms with Crippen LogP contribution in [0.5, 0.6) is 0 Å². The molecule has 3 atom stereocenters. The lowest BCUT2D eigenvalue weighted by Crippen LogP contribution is -2.44. The Morgan fingerprint density at radius 2 is 1.69 bits per heavy atom. The highest BCUT2D eigenvalue weighted by Gasteiger charge is 2.32. The zero-order chi connectivity index (χ0) is 17.7. The summed E-state index contributed by atoms with van der Waals surface area (Å²) in [5, 5.41) is 11.6. The number of aromatic nitrogens is 1. The molecule has 0 radical (unpaired) electrons. The smallest absolute Gasteiger partial charge is 0.116 e. The molecule has 2 aromatic rings. The molecular weight excluding hydrogens is 344 g/mol. The van der Waals surface area contributed by atoms with Crippen molar-refractivity contribution in [2.75, 3.05) is 6.54 Å². The lowest BCUT2D eigenvalue weighted by molar-refractivity contribution is 0.0519. The Bertz CT molecular complexity index is 600. The first-order valence-corrected chi connectivity index (χ1v) is 9.55. The Labute approximate surface area is 163 Å². The van der Waals surface area contributed by atoms with E-state index in [9.17, 15) is 5.11 Å². The second-order valence-corrected chi connectivity index (χ2v) is 7.44. The molecule has 1 aromatic heterocycles. The van der Waals surface area contributed by atoms with E-state index in [0.717, 1.165) is 24.1 Å². The molecule has 142 valence electrons. The Morgan fingerprint density at radius 3 is 2.31 bits per heavy atom. The molecule has 4 heteroatoms. The number of rotatable bonds is 6. The van der Waals surface area contributed by atoms with E-state index in [0.29, 0.717) is 18.5 Å². The van der Waals surface area contributed by atoms with Gasteiger partial charge in [0, 0.05) is 30.0 Å². The minimum Gasteiger partial charge on any atom is -0.380 e. The first-order valence-electron chi connectivity index (χ1n) is 9.55. The average molecular weight is 375 g/mol. The topological polar surface area (TPSA) is 36.4 Å². The van der Waals surface area contributed by atoms with Crippen molar-refractivity contribution in [3.05, 3.63) is 66.0 Å². The summed E-state index contributed by atoms with van der Waals surface area (Å²) in [6.07, 6.45) is 9.13. The van der Waals surface area contributed by atoms with Crippen molar-refractivity contribution in [3.63, 3.8) is 0 Å². The normalized spacial score (nSPS) is 23.0. The van der Waals surface area contributed by atoms with Crippen molar-refractivity contribution < 1.29 is 5.11 Å². The van der Waals surface area contributed by atoms with Gasteiger partial charge in [0.2, 0.25) is 0 Å². The summed E-state index contributed by atoms with van der Waals surface area (Å²) in [6.45, 7) is 5.71. The minimum absolute atomic E-state index is 0. The van der Waals surface area contributed by atoms with Crippen LogP contribution in [-0.2, 0) is 5.60 Å². The standard InChI is InChI=1S/C22H30N2O.ClH/c1-18-9-6-10-19(2)24(18)16-8-14-22(25,20-11-4-3-5-12-20)21-13-7-15-23-17-21;/h3-5,7,11-13,15,17-19,25H,6,8-10,14,16H2,1-2H3;1H. The monoisotopic (exact) mass is 374 g/mol. The number of benzene rings is 1. The summed E-state index contributed by atoms with van der Waals surface area (Å²) in [4.78, 5) is 6.84. The molecule has 0 spiro atoms.